The molecule has 2 unspecified atom stereocenters. The fourth-order valence-corrected chi connectivity index (χ4v) is 3.84. The second kappa shape index (κ2) is 5.59. The highest BCUT2D eigenvalue weighted by Crippen LogP contribution is 2.43. The van der Waals surface area contributed by atoms with Gasteiger partial charge in [0.25, 0.3) is 0 Å². The Bertz CT molecular complexity index is 404. The molecule has 0 aliphatic heterocycles. The van der Waals surface area contributed by atoms with Crippen LogP contribution < -0.4 is 5.32 Å². The third-order valence-corrected chi connectivity index (χ3v) is 4.18. The molecule has 1 aliphatic carbocycles. The van der Waals surface area contributed by atoms with Crippen molar-refractivity contribution < 1.29 is 5.11 Å². The molecule has 2 N–H and O–H groups in total. The molecule has 1 fully saturated rings. The molecule has 2 rings (SSSR count). The van der Waals surface area contributed by atoms with Crippen LogP contribution in [0.1, 0.15) is 45.6 Å². The van der Waals surface area contributed by atoms with Crippen LogP contribution in [0.4, 0.5) is 0 Å². The summed E-state index contributed by atoms with van der Waals surface area (Å²) in [5.41, 5.74) is 1.38. The molecule has 1 saturated carbocycles. The number of aliphatic hydroxyl groups is 1. The van der Waals surface area contributed by atoms with E-state index in [1.165, 1.54) is 12.0 Å². The van der Waals surface area contributed by atoms with Gasteiger partial charge < -0.3 is 10.4 Å². The Morgan fingerprint density at radius 3 is 2.58 bits per heavy atom. The van der Waals surface area contributed by atoms with Crippen LogP contribution in [0, 0.1) is 11.3 Å². The molecule has 0 aromatic carbocycles. The molecule has 1 aliphatic rings. The highest BCUT2D eigenvalue weighted by molar-refractivity contribution is 5.10. The van der Waals surface area contributed by atoms with Gasteiger partial charge in [0.2, 0.25) is 0 Å². The van der Waals surface area contributed by atoms with E-state index >= 15 is 0 Å². The van der Waals surface area contributed by atoms with Gasteiger partial charge in [0.1, 0.15) is 0 Å². The van der Waals surface area contributed by atoms with E-state index in [-0.39, 0.29) is 12.1 Å². The fourth-order valence-electron chi connectivity index (χ4n) is 3.84. The Kier molecular flexibility index (Phi) is 4.26. The summed E-state index contributed by atoms with van der Waals surface area (Å²) in [5, 5.41) is 13.5. The molecule has 3 heteroatoms. The topological polar surface area (TPSA) is 45.1 Å². The van der Waals surface area contributed by atoms with Crippen LogP contribution in [0.2, 0.25) is 0 Å². The maximum Gasteiger partial charge on any atom is 0.0613 e. The van der Waals surface area contributed by atoms with Crippen molar-refractivity contribution in [2.75, 3.05) is 6.61 Å². The summed E-state index contributed by atoms with van der Waals surface area (Å²) in [7, 11) is 0. The van der Waals surface area contributed by atoms with Crippen LogP contribution in [-0.4, -0.2) is 22.2 Å². The van der Waals surface area contributed by atoms with Crippen LogP contribution in [0.25, 0.3) is 0 Å². The SMILES string of the molecule is CC1CC(C)(C)CC(CO)(NCc2ccncc2)C1. The van der Waals surface area contributed by atoms with E-state index < -0.39 is 0 Å². The van der Waals surface area contributed by atoms with Crippen molar-refractivity contribution in [1.82, 2.24) is 10.3 Å². The predicted octanol–water partition coefficient (Wildman–Crippen LogP) is 2.75. The lowest BCUT2D eigenvalue weighted by molar-refractivity contribution is 0.0352. The first-order valence-electron chi connectivity index (χ1n) is 7.20. The number of hydrogen-bond acceptors (Lipinski definition) is 3. The van der Waals surface area contributed by atoms with Gasteiger partial charge in [-0.1, -0.05) is 20.8 Å². The highest BCUT2D eigenvalue weighted by atomic mass is 16.3. The molecule has 1 aromatic heterocycles. The van der Waals surface area contributed by atoms with Crippen LogP contribution in [0.5, 0.6) is 0 Å². The lowest BCUT2D eigenvalue weighted by Gasteiger charge is -2.47. The number of hydrogen-bond donors (Lipinski definition) is 2. The van der Waals surface area contributed by atoms with Crippen LogP contribution in [-0.2, 0) is 6.54 Å². The number of aromatic nitrogens is 1. The van der Waals surface area contributed by atoms with Gasteiger partial charge in [-0.05, 0) is 48.3 Å². The summed E-state index contributed by atoms with van der Waals surface area (Å²) in [6.45, 7) is 7.92. The monoisotopic (exact) mass is 262 g/mol. The van der Waals surface area contributed by atoms with Gasteiger partial charge in [-0.15, -0.1) is 0 Å². The van der Waals surface area contributed by atoms with Crippen LogP contribution >= 0.6 is 0 Å². The average molecular weight is 262 g/mol. The molecule has 0 radical (unpaired) electrons. The molecule has 19 heavy (non-hydrogen) atoms. The van der Waals surface area contributed by atoms with Crippen molar-refractivity contribution in [3.63, 3.8) is 0 Å². The smallest absolute Gasteiger partial charge is 0.0613 e. The normalized spacial score (nSPS) is 30.2. The van der Waals surface area contributed by atoms with Gasteiger partial charge in [0.15, 0.2) is 0 Å². The lowest BCUT2D eigenvalue weighted by atomic mass is 9.64. The molecule has 1 heterocycles. The Morgan fingerprint density at radius 2 is 2.00 bits per heavy atom. The van der Waals surface area contributed by atoms with E-state index in [1.54, 1.807) is 0 Å². The van der Waals surface area contributed by atoms with Gasteiger partial charge in [0.05, 0.1) is 6.61 Å². The van der Waals surface area contributed by atoms with Crippen LogP contribution in [0.3, 0.4) is 0 Å². The van der Waals surface area contributed by atoms with Gasteiger partial charge in [-0.3, -0.25) is 4.98 Å². The van der Waals surface area contributed by atoms with E-state index in [1.807, 2.05) is 24.5 Å². The van der Waals surface area contributed by atoms with Gasteiger partial charge >= 0.3 is 0 Å². The zero-order chi connectivity index (χ0) is 13.9. The first-order valence-corrected chi connectivity index (χ1v) is 7.20. The summed E-state index contributed by atoms with van der Waals surface area (Å²) >= 11 is 0. The Hall–Kier alpha value is -0.930. The fraction of sp³-hybridized carbons (Fsp3) is 0.688. The second-order valence-electron chi connectivity index (χ2n) is 7.00. The Morgan fingerprint density at radius 1 is 1.32 bits per heavy atom. The van der Waals surface area contributed by atoms with E-state index in [0.29, 0.717) is 11.3 Å². The van der Waals surface area contributed by atoms with Crippen LogP contribution in [0.15, 0.2) is 24.5 Å². The molecule has 0 saturated heterocycles. The molecule has 106 valence electrons. The molecular weight excluding hydrogens is 236 g/mol. The Balaban J connectivity index is 2.05. The standard InChI is InChI=1S/C16H26N2O/c1-13-8-15(2,3)11-16(9-13,12-19)18-10-14-4-6-17-7-5-14/h4-7,13,18-19H,8-12H2,1-3H3. The van der Waals surface area contributed by atoms with E-state index in [9.17, 15) is 5.11 Å². The van der Waals surface area contributed by atoms with Crippen molar-refractivity contribution in [3.05, 3.63) is 30.1 Å². The zero-order valence-corrected chi connectivity index (χ0v) is 12.3. The van der Waals surface area contributed by atoms with E-state index in [4.69, 9.17) is 0 Å². The quantitative estimate of drug-likeness (QED) is 0.877. The summed E-state index contributed by atoms with van der Waals surface area (Å²) < 4.78 is 0. The molecule has 1 aromatic rings. The van der Waals surface area contributed by atoms with Crippen molar-refractivity contribution >= 4 is 0 Å². The van der Waals surface area contributed by atoms with Gasteiger partial charge in [-0.25, -0.2) is 0 Å². The Labute approximate surface area is 116 Å². The predicted molar refractivity (Wildman–Crippen MR) is 77.7 cm³/mol. The largest absolute Gasteiger partial charge is 0.394 e. The zero-order valence-electron chi connectivity index (χ0n) is 12.3. The summed E-state index contributed by atoms with van der Waals surface area (Å²) in [5.74, 6) is 0.654. The first-order chi connectivity index (χ1) is 8.95. The molecule has 0 bridgehead atoms. The third-order valence-electron chi connectivity index (χ3n) is 4.18. The summed E-state index contributed by atoms with van der Waals surface area (Å²) in [6, 6.07) is 4.05. The lowest BCUT2D eigenvalue weighted by Crippen LogP contribution is -2.54. The van der Waals surface area contributed by atoms with Gasteiger partial charge in [-0.2, -0.15) is 0 Å². The number of nitrogens with zero attached hydrogens (tertiary/aromatic N) is 1. The van der Waals surface area contributed by atoms with Gasteiger partial charge in [0, 0.05) is 24.5 Å². The molecule has 0 amide bonds. The maximum atomic E-state index is 9.89. The minimum Gasteiger partial charge on any atom is -0.394 e. The average Bonchev–Trinajstić information content (AvgIpc) is 2.35. The summed E-state index contributed by atoms with van der Waals surface area (Å²) in [6.07, 6.45) is 6.96. The molecular formula is C16H26N2O. The van der Waals surface area contributed by atoms with Crippen molar-refractivity contribution in [2.45, 2.75) is 52.1 Å². The maximum absolute atomic E-state index is 9.89. The van der Waals surface area contributed by atoms with Crippen molar-refractivity contribution in [2.24, 2.45) is 11.3 Å². The van der Waals surface area contributed by atoms with Crippen molar-refractivity contribution in [3.8, 4) is 0 Å². The number of nitrogens with one attached hydrogen (secondary N) is 1. The molecule has 2 atom stereocenters. The highest BCUT2D eigenvalue weighted by Gasteiger charge is 2.42. The number of rotatable bonds is 4. The number of pyridine rings is 1. The van der Waals surface area contributed by atoms with E-state index in [0.717, 1.165) is 19.4 Å². The summed E-state index contributed by atoms with van der Waals surface area (Å²) in [4.78, 5) is 4.04. The molecule has 3 nitrogen and oxygen atoms in total. The second-order valence-corrected chi connectivity index (χ2v) is 7.00. The minimum atomic E-state index is -0.134. The minimum absolute atomic E-state index is 0.134. The first kappa shape index (κ1) is 14.5. The molecule has 0 spiro atoms. The number of aliphatic hydroxyl groups excluding tert-OH is 1. The van der Waals surface area contributed by atoms with Crippen molar-refractivity contribution in [1.29, 1.82) is 0 Å². The third kappa shape index (κ3) is 3.77. The van der Waals surface area contributed by atoms with E-state index in [2.05, 4.69) is 31.1 Å².